The number of ketones is 1. The van der Waals surface area contributed by atoms with Gasteiger partial charge in [0.25, 0.3) is 0 Å². The average Bonchev–Trinajstić information content (AvgIpc) is 2.41. The highest BCUT2D eigenvalue weighted by molar-refractivity contribution is 8.00. The second-order valence-corrected chi connectivity index (χ2v) is 7.32. The van der Waals surface area contributed by atoms with Crippen LogP contribution in [0.1, 0.15) is 37.7 Å². The Hall–Kier alpha value is -0.830. The first-order valence-electron chi connectivity index (χ1n) is 7.14. The van der Waals surface area contributed by atoms with Crippen LogP contribution in [0.3, 0.4) is 0 Å². The molecule has 1 aromatic carbocycles. The minimum Gasteiger partial charge on any atom is -0.299 e. The van der Waals surface area contributed by atoms with E-state index in [0.717, 1.165) is 12.8 Å². The smallest absolute Gasteiger partial charge is 0.140 e. The van der Waals surface area contributed by atoms with Crippen LogP contribution in [-0.2, 0) is 11.2 Å². The summed E-state index contributed by atoms with van der Waals surface area (Å²) in [6.07, 6.45) is 6.11. The van der Waals surface area contributed by atoms with Crippen molar-refractivity contribution in [3.05, 3.63) is 35.6 Å². The largest absolute Gasteiger partial charge is 0.299 e. The fraction of sp³-hybridized carbons (Fsp3) is 0.562. The van der Waals surface area contributed by atoms with Crippen molar-refractivity contribution in [2.75, 3.05) is 0 Å². The zero-order valence-corrected chi connectivity index (χ0v) is 11.8. The van der Waals surface area contributed by atoms with Gasteiger partial charge in [-0.05, 0) is 37.3 Å². The lowest BCUT2D eigenvalue weighted by atomic mass is 9.85. The number of halogens is 1. The Morgan fingerprint density at radius 1 is 1.21 bits per heavy atom. The number of carbonyl (C=O) groups is 1. The summed E-state index contributed by atoms with van der Waals surface area (Å²) in [6.45, 7) is 0. The van der Waals surface area contributed by atoms with Gasteiger partial charge in [0.1, 0.15) is 11.6 Å². The van der Waals surface area contributed by atoms with Crippen molar-refractivity contribution < 1.29 is 9.18 Å². The van der Waals surface area contributed by atoms with Crippen LogP contribution in [0.15, 0.2) is 24.3 Å². The number of Topliss-reactive ketones (excluding diaryl/α,β-unsaturated/α-hetero) is 1. The number of thioether (sulfide) groups is 1. The Kier molecular flexibility index (Phi) is 3.92. The van der Waals surface area contributed by atoms with Gasteiger partial charge in [-0.1, -0.05) is 24.6 Å². The molecule has 102 valence electrons. The Labute approximate surface area is 118 Å². The molecule has 2 unspecified atom stereocenters. The minimum absolute atomic E-state index is 0.163. The normalized spacial score (nSPS) is 30.1. The SMILES string of the molecule is O=C(Cc1ccccc1F)C1CC2CCCC(C1)S2. The molecule has 19 heavy (non-hydrogen) atoms. The molecule has 0 spiro atoms. The van der Waals surface area contributed by atoms with Crippen LogP contribution in [0.25, 0.3) is 0 Å². The van der Waals surface area contributed by atoms with Gasteiger partial charge in [0.2, 0.25) is 0 Å². The van der Waals surface area contributed by atoms with Crippen LogP contribution < -0.4 is 0 Å². The second kappa shape index (κ2) is 5.66. The molecule has 2 saturated heterocycles. The first-order valence-corrected chi connectivity index (χ1v) is 8.08. The molecule has 0 amide bonds. The number of hydrogen-bond donors (Lipinski definition) is 0. The average molecular weight is 278 g/mol. The van der Waals surface area contributed by atoms with E-state index < -0.39 is 0 Å². The molecule has 3 rings (SSSR count). The van der Waals surface area contributed by atoms with Gasteiger partial charge in [-0.2, -0.15) is 11.8 Å². The summed E-state index contributed by atoms with van der Waals surface area (Å²) in [4.78, 5) is 12.4. The number of fused-ring (bicyclic) bond motifs is 2. The Balaban J connectivity index is 1.66. The molecule has 2 aliphatic rings. The quantitative estimate of drug-likeness (QED) is 0.831. The van der Waals surface area contributed by atoms with Crippen molar-refractivity contribution >= 4 is 17.5 Å². The highest BCUT2D eigenvalue weighted by Gasteiger charge is 2.35. The van der Waals surface area contributed by atoms with Gasteiger partial charge in [-0.15, -0.1) is 0 Å². The standard InChI is InChI=1S/C16H19FOS/c17-15-7-2-1-4-11(15)10-16(18)12-8-13-5-3-6-14(9-12)19-13/h1-2,4,7,12-14H,3,5-6,8-10H2. The fourth-order valence-electron chi connectivity index (χ4n) is 3.30. The Morgan fingerprint density at radius 3 is 2.58 bits per heavy atom. The summed E-state index contributed by atoms with van der Waals surface area (Å²) in [5.41, 5.74) is 0.552. The lowest BCUT2D eigenvalue weighted by molar-refractivity contribution is -0.122. The van der Waals surface area contributed by atoms with E-state index in [1.165, 1.54) is 25.3 Å². The summed E-state index contributed by atoms with van der Waals surface area (Å²) in [7, 11) is 0. The van der Waals surface area contributed by atoms with E-state index in [1.807, 2.05) is 0 Å². The van der Waals surface area contributed by atoms with Crippen LogP contribution in [0.4, 0.5) is 4.39 Å². The van der Waals surface area contributed by atoms with Gasteiger partial charge in [-0.25, -0.2) is 4.39 Å². The molecular weight excluding hydrogens is 259 g/mol. The molecule has 0 radical (unpaired) electrons. The third-order valence-corrected chi connectivity index (χ3v) is 5.94. The maximum atomic E-state index is 13.6. The molecule has 0 aromatic heterocycles. The van der Waals surface area contributed by atoms with Crippen molar-refractivity contribution in [3.8, 4) is 0 Å². The summed E-state index contributed by atoms with van der Waals surface area (Å²) >= 11 is 2.08. The highest BCUT2D eigenvalue weighted by Crippen LogP contribution is 2.44. The molecule has 2 atom stereocenters. The summed E-state index contributed by atoms with van der Waals surface area (Å²) in [5.74, 6) is 0.152. The zero-order valence-electron chi connectivity index (χ0n) is 11.0. The van der Waals surface area contributed by atoms with Crippen LogP contribution in [0, 0.1) is 11.7 Å². The van der Waals surface area contributed by atoms with Crippen molar-refractivity contribution in [2.45, 2.75) is 49.0 Å². The third-order valence-electron chi connectivity index (χ3n) is 4.31. The molecule has 0 N–H and O–H groups in total. The molecular formula is C16H19FOS. The minimum atomic E-state index is -0.249. The van der Waals surface area contributed by atoms with Gasteiger partial charge in [0.15, 0.2) is 0 Å². The van der Waals surface area contributed by atoms with E-state index in [2.05, 4.69) is 11.8 Å². The Bertz CT molecular complexity index is 462. The summed E-state index contributed by atoms with van der Waals surface area (Å²) in [6, 6.07) is 6.64. The predicted octanol–water partition coefficient (Wildman–Crippen LogP) is 4.00. The summed E-state index contributed by atoms with van der Waals surface area (Å²) in [5, 5.41) is 1.34. The number of carbonyl (C=O) groups excluding carboxylic acids is 1. The van der Waals surface area contributed by atoms with Gasteiger partial charge in [-0.3, -0.25) is 4.79 Å². The number of benzene rings is 1. The number of rotatable bonds is 3. The molecule has 0 saturated carbocycles. The summed E-state index contributed by atoms with van der Waals surface area (Å²) < 4.78 is 13.6. The monoisotopic (exact) mass is 278 g/mol. The molecule has 2 aliphatic heterocycles. The van der Waals surface area contributed by atoms with Crippen molar-refractivity contribution in [3.63, 3.8) is 0 Å². The van der Waals surface area contributed by atoms with E-state index in [-0.39, 0.29) is 23.9 Å². The van der Waals surface area contributed by atoms with Crippen molar-refractivity contribution in [1.82, 2.24) is 0 Å². The molecule has 1 nitrogen and oxygen atoms in total. The second-order valence-electron chi connectivity index (χ2n) is 5.71. The van der Waals surface area contributed by atoms with Crippen molar-refractivity contribution in [2.24, 2.45) is 5.92 Å². The topological polar surface area (TPSA) is 17.1 Å². The molecule has 1 aromatic rings. The Morgan fingerprint density at radius 2 is 1.89 bits per heavy atom. The maximum Gasteiger partial charge on any atom is 0.140 e. The number of hydrogen-bond acceptors (Lipinski definition) is 2. The van der Waals surface area contributed by atoms with E-state index in [1.54, 1.807) is 18.2 Å². The zero-order chi connectivity index (χ0) is 13.2. The molecule has 2 bridgehead atoms. The van der Waals surface area contributed by atoms with Gasteiger partial charge in [0, 0.05) is 22.8 Å². The van der Waals surface area contributed by atoms with Gasteiger partial charge >= 0.3 is 0 Å². The van der Waals surface area contributed by atoms with E-state index in [9.17, 15) is 9.18 Å². The van der Waals surface area contributed by atoms with Crippen LogP contribution in [-0.4, -0.2) is 16.3 Å². The lowest BCUT2D eigenvalue weighted by Gasteiger charge is -2.38. The van der Waals surface area contributed by atoms with Gasteiger partial charge in [0.05, 0.1) is 0 Å². The van der Waals surface area contributed by atoms with E-state index >= 15 is 0 Å². The first-order chi connectivity index (χ1) is 9.22. The van der Waals surface area contributed by atoms with E-state index in [4.69, 9.17) is 0 Å². The third kappa shape index (κ3) is 3.02. The van der Waals surface area contributed by atoms with Crippen LogP contribution in [0.5, 0.6) is 0 Å². The first kappa shape index (κ1) is 13.2. The highest BCUT2D eigenvalue weighted by atomic mass is 32.2. The van der Waals surface area contributed by atoms with E-state index in [0.29, 0.717) is 16.1 Å². The lowest BCUT2D eigenvalue weighted by Crippen LogP contribution is -2.33. The predicted molar refractivity (Wildman–Crippen MR) is 76.9 cm³/mol. The maximum absolute atomic E-state index is 13.6. The molecule has 2 heterocycles. The molecule has 0 aliphatic carbocycles. The fourth-order valence-corrected chi connectivity index (χ4v) is 5.13. The molecule has 2 fully saturated rings. The van der Waals surface area contributed by atoms with Crippen LogP contribution in [0.2, 0.25) is 0 Å². The van der Waals surface area contributed by atoms with Crippen LogP contribution >= 0.6 is 11.8 Å². The van der Waals surface area contributed by atoms with Gasteiger partial charge < -0.3 is 0 Å². The molecule has 3 heteroatoms. The van der Waals surface area contributed by atoms with Crippen molar-refractivity contribution in [1.29, 1.82) is 0 Å².